The van der Waals surface area contributed by atoms with Crippen LogP contribution in [0.1, 0.15) is 37.3 Å². The zero-order valence-electron chi connectivity index (χ0n) is 14.5. The standard InChI is InChI=1S/C19H29N3.2ClH/c1-2-3-6-19(22-15-11-20-12-16-22)17-7-9-18(10-8-17)21-13-4-5-14-21;;/h2,7-10,19-20H,1,3-6,11-16H2;2*1H/t19-;;/m1../s1. The molecule has 2 fully saturated rings. The molecule has 1 aromatic rings. The van der Waals surface area contributed by atoms with Gasteiger partial charge >= 0.3 is 0 Å². The Hall–Kier alpha value is -0.740. The summed E-state index contributed by atoms with van der Waals surface area (Å²) in [6.07, 6.45) is 6.98. The maximum Gasteiger partial charge on any atom is 0.0366 e. The van der Waals surface area contributed by atoms with Gasteiger partial charge in [-0.3, -0.25) is 4.90 Å². The molecule has 1 N–H and O–H groups in total. The third-order valence-electron chi connectivity index (χ3n) is 4.99. The molecule has 5 heteroatoms. The van der Waals surface area contributed by atoms with Crippen LogP contribution in [0.2, 0.25) is 0 Å². The predicted octanol–water partition coefficient (Wildman–Crippen LogP) is 4.04. The summed E-state index contributed by atoms with van der Waals surface area (Å²) in [5, 5.41) is 3.45. The molecule has 0 aromatic heterocycles. The third kappa shape index (κ3) is 5.38. The van der Waals surface area contributed by atoms with Crippen molar-refractivity contribution in [1.29, 1.82) is 0 Å². The maximum absolute atomic E-state index is 3.90. The van der Waals surface area contributed by atoms with Crippen molar-refractivity contribution in [3.8, 4) is 0 Å². The van der Waals surface area contributed by atoms with Gasteiger partial charge in [0.2, 0.25) is 0 Å². The summed E-state index contributed by atoms with van der Waals surface area (Å²) >= 11 is 0. The normalized spacial score (nSPS) is 19.2. The Kier molecular flexibility index (Phi) is 9.75. The highest BCUT2D eigenvalue weighted by Gasteiger charge is 2.22. The Labute approximate surface area is 159 Å². The van der Waals surface area contributed by atoms with Crippen LogP contribution in [0.15, 0.2) is 36.9 Å². The summed E-state index contributed by atoms with van der Waals surface area (Å²) < 4.78 is 0. The first-order chi connectivity index (χ1) is 10.9. The molecule has 0 bridgehead atoms. The van der Waals surface area contributed by atoms with E-state index in [4.69, 9.17) is 0 Å². The van der Waals surface area contributed by atoms with E-state index in [2.05, 4.69) is 46.0 Å². The van der Waals surface area contributed by atoms with Crippen molar-refractivity contribution >= 4 is 30.5 Å². The van der Waals surface area contributed by atoms with Crippen molar-refractivity contribution in [2.45, 2.75) is 31.7 Å². The molecular weight excluding hydrogens is 341 g/mol. The van der Waals surface area contributed by atoms with Gasteiger partial charge < -0.3 is 10.2 Å². The van der Waals surface area contributed by atoms with Crippen molar-refractivity contribution < 1.29 is 0 Å². The minimum atomic E-state index is 0. The van der Waals surface area contributed by atoms with E-state index in [-0.39, 0.29) is 24.8 Å². The fourth-order valence-electron chi connectivity index (χ4n) is 3.71. The molecule has 2 heterocycles. The number of rotatable bonds is 6. The van der Waals surface area contributed by atoms with Crippen LogP contribution in [0.25, 0.3) is 0 Å². The topological polar surface area (TPSA) is 18.5 Å². The molecule has 136 valence electrons. The lowest BCUT2D eigenvalue weighted by atomic mass is 9.99. The van der Waals surface area contributed by atoms with E-state index in [9.17, 15) is 0 Å². The second-order valence-corrected chi connectivity index (χ2v) is 6.45. The predicted molar refractivity (Wildman–Crippen MR) is 109 cm³/mol. The Balaban J connectivity index is 0.00000144. The molecule has 2 aliphatic rings. The second-order valence-electron chi connectivity index (χ2n) is 6.45. The summed E-state index contributed by atoms with van der Waals surface area (Å²) in [4.78, 5) is 5.14. The van der Waals surface area contributed by atoms with Crippen LogP contribution in [0.5, 0.6) is 0 Å². The van der Waals surface area contributed by atoms with Crippen LogP contribution in [-0.4, -0.2) is 44.2 Å². The fourth-order valence-corrected chi connectivity index (χ4v) is 3.71. The molecule has 3 rings (SSSR count). The first-order valence-electron chi connectivity index (χ1n) is 8.79. The average Bonchev–Trinajstić information content (AvgIpc) is 3.11. The molecule has 0 amide bonds. The van der Waals surface area contributed by atoms with Crippen molar-refractivity contribution in [3.05, 3.63) is 42.5 Å². The Morgan fingerprint density at radius 1 is 1.00 bits per heavy atom. The number of nitrogens with one attached hydrogen (secondary N) is 1. The van der Waals surface area contributed by atoms with Gasteiger partial charge in [-0.1, -0.05) is 18.2 Å². The van der Waals surface area contributed by atoms with Gasteiger partial charge in [0, 0.05) is 51.0 Å². The second kappa shape index (κ2) is 11.0. The van der Waals surface area contributed by atoms with Gasteiger partial charge in [-0.25, -0.2) is 0 Å². The molecule has 3 nitrogen and oxygen atoms in total. The first-order valence-corrected chi connectivity index (χ1v) is 8.79. The van der Waals surface area contributed by atoms with Crippen LogP contribution in [0, 0.1) is 0 Å². The van der Waals surface area contributed by atoms with Gasteiger partial charge in [0.25, 0.3) is 0 Å². The Bertz CT molecular complexity index is 466. The molecule has 1 atom stereocenters. The molecule has 0 spiro atoms. The number of anilines is 1. The average molecular weight is 372 g/mol. The number of nitrogens with zero attached hydrogens (tertiary/aromatic N) is 2. The number of hydrogen-bond acceptors (Lipinski definition) is 3. The van der Waals surface area contributed by atoms with E-state index < -0.39 is 0 Å². The van der Waals surface area contributed by atoms with Crippen LogP contribution in [0.3, 0.4) is 0 Å². The molecule has 24 heavy (non-hydrogen) atoms. The van der Waals surface area contributed by atoms with Crippen molar-refractivity contribution in [2.24, 2.45) is 0 Å². The molecule has 2 aliphatic heterocycles. The monoisotopic (exact) mass is 371 g/mol. The summed E-state index contributed by atoms with van der Waals surface area (Å²) in [6.45, 7) is 10.9. The number of halogens is 2. The molecule has 0 aliphatic carbocycles. The van der Waals surface area contributed by atoms with Gasteiger partial charge in [0.05, 0.1) is 0 Å². The van der Waals surface area contributed by atoms with Gasteiger partial charge in [0.15, 0.2) is 0 Å². The maximum atomic E-state index is 3.90. The highest BCUT2D eigenvalue weighted by Crippen LogP contribution is 2.29. The van der Waals surface area contributed by atoms with Crippen LogP contribution >= 0.6 is 24.8 Å². The first kappa shape index (κ1) is 21.3. The molecule has 0 unspecified atom stereocenters. The molecule has 2 saturated heterocycles. The minimum absolute atomic E-state index is 0. The van der Waals surface area contributed by atoms with Crippen molar-refractivity contribution in [2.75, 3.05) is 44.2 Å². The SMILES string of the molecule is C=CCC[C@H](c1ccc(N2CCCC2)cc1)N1CCNCC1.Cl.Cl. The largest absolute Gasteiger partial charge is 0.372 e. The van der Waals surface area contributed by atoms with Crippen molar-refractivity contribution in [3.63, 3.8) is 0 Å². The molecular formula is C19H31Cl2N3. The number of piperazine rings is 1. The van der Waals surface area contributed by atoms with E-state index >= 15 is 0 Å². The summed E-state index contributed by atoms with van der Waals surface area (Å²) in [5.74, 6) is 0. The van der Waals surface area contributed by atoms with Crippen molar-refractivity contribution in [1.82, 2.24) is 10.2 Å². The van der Waals surface area contributed by atoms with E-state index in [1.54, 1.807) is 0 Å². The summed E-state index contributed by atoms with van der Waals surface area (Å²) in [7, 11) is 0. The van der Waals surface area contributed by atoms with E-state index in [1.165, 1.54) is 43.6 Å². The molecule has 1 aromatic carbocycles. The molecule has 0 radical (unpaired) electrons. The van der Waals surface area contributed by atoms with E-state index in [1.807, 2.05) is 6.08 Å². The minimum Gasteiger partial charge on any atom is -0.372 e. The van der Waals surface area contributed by atoms with Crippen LogP contribution in [-0.2, 0) is 0 Å². The lowest BCUT2D eigenvalue weighted by Gasteiger charge is -2.35. The fraction of sp³-hybridized carbons (Fsp3) is 0.579. The van der Waals surface area contributed by atoms with E-state index in [0.717, 1.165) is 32.6 Å². The summed E-state index contributed by atoms with van der Waals surface area (Å²) in [5.41, 5.74) is 2.86. The Morgan fingerprint density at radius 3 is 2.21 bits per heavy atom. The van der Waals surface area contributed by atoms with Gasteiger partial charge in [-0.05, 0) is 43.4 Å². The number of hydrogen-bond donors (Lipinski definition) is 1. The van der Waals surface area contributed by atoms with Gasteiger partial charge in [0.1, 0.15) is 0 Å². The smallest absolute Gasteiger partial charge is 0.0366 e. The lowest BCUT2D eigenvalue weighted by Crippen LogP contribution is -2.45. The highest BCUT2D eigenvalue weighted by molar-refractivity contribution is 5.85. The van der Waals surface area contributed by atoms with E-state index in [0.29, 0.717) is 6.04 Å². The quantitative estimate of drug-likeness (QED) is 0.761. The lowest BCUT2D eigenvalue weighted by molar-refractivity contribution is 0.166. The zero-order chi connectivity index (χ0) is 15.2. The number of benzene rings is 1. The molecule has 0 saturated carbocycles. The Morgan fingerprint density at radius 2 is 1.62 bits per heavy atom. The van der Waals surface area contributed by atoms with Crippen LogP contribution in [0.4, 0.5) is 5.69 Å². The van der Waals surface area contributed by atoms with Gasteiger partial charge in [-0.2, -0.15) is 0 Å². The number of allylic oxidation sites excluding steroid dienone is 1. The summed E-state index contributed by atoms with van der Waals surface area (Å²) in [6, 6.07) is 9.88. The van der Waals surface area contributed by atoms with Gasteiger partial charge in [-0.15, -0.1) is 31.4 Å². The third-order valence-corrected chi connectivity index (χ3v) is 4.99. The zero-order valence-corrected chi connectivity index (χ0v) is 16.1. The highest BCUT2D eigenvalue weighted by atomic mass is 35.5. The van der Waals surface area contributed by atoms with Crippen LogP contribution < -0.4 is 10.2 Å².